The first-order chi connectivity index (χ1) is 12.9. The summed E-state index contributed by atoms with van der Waals surface area (Å²) >= 11 is 0. The molecule has 146 valence electrons. The van der Waals surface area contributed by atoms with Gasteiger partial charge in [-0.3, -0.25) is 0 Å². The van der Waals surface area contributed by atoms with E-state index in [1.165, 1.54) is 12.3 Å². The van der Waals surface area contributed by atoms with Crippen molar-refractivity contribution in [3.05, 3.63) is 59.8 Å². The lowest BCUT2D eigenvalue weighted by Crippen LogP contribution is -2.38. The highest BCUT2D eigenvalue weighted by atomic mass is 19.4. The van der Waals surface area contributed by atoms with Crippen molar-refractivity contribution in [2.24, 2.45) is 4.99 Å². The van der Waals surface area contributed by atoms with Crippen LogP contribution in [0.4, 0.5) is 13.2 Å². The minimum atomic E-state index is -4.40. The molecule has 0 aliphatic heterocycles. The van der Waals surface area contributed by atoms with Crippen LogP contribution in [-0.4, -0.2) is 30.3 Å². The Labute approximate surface area is 156 Å². The summed E-state index contributed by atoms with van der Waals surface area (Å²) in [5.74, 6) is 0.541. The first-order valence-corrected chi connectivity index (χ1v) is 8.61. The largest absolute Gasteiger partial charge is 0.468 e. The van der Waals surface area contributed by atoms with E-state index in [0.29, 0.717) is 18.1 Å². The Bertz CT molecular complexity index is 735. The van der Waals surface area contributed by atoms with Crippen LogP contribution in [0.2, 0.25) is 0 Å². The van der Waals surface area contributed by atoms with Crippen LogP contribution in [0.3, 0.4) is 0 Å². The molecule has 2 N–H and O–H groups in total. The average Bonchev–Trinajstić information content (AvgIpc) is 2.65. The molecular formula is C19H23F3N4O. The molecule has 0 saturated heterocycles. The summed E-state index contributed by atoms with van der Waals surface area (Å²) in [4.78, 5) is 8.28. The fourth-order valence-corrected chi connectivity index (χ4v) is 2.30. The van der Waals surface area contributed by atoms with E-state index in [4.69, 9.17) is 0 Å². The molecule has 1 atom stereocenters. The Kier molecular flexibility index (Phi) is 7.45. The number of aliphatic imine (C=N–C) groups is 1. The smallest absolute Gasteiger partial charge is 0.422 e. The highest BCUT2D eigenvalue weighted by Gasteiger charge is 2.28. The molecule has 0 fully saturated rings. The molecule has 0 spiro atoms. The number of halogens is 3. The fourth-order valence-electron chi connectivity index (χ4n) is 2.30. The number of rotatable bonds is 7. The minimum Gasteiger partial charge on any atom is -0.468 e. The van der Waals surface area contributed by atoms with E-state index in [0.717, 1.165) is 5.56 Å². The average molecular weight is 380 g/mol. The van der Waals surface area contributed by atoms with Gasteiger partial charge in [0.15, 0.2) is 12.6 Å². The van der Waals surface area contributed by atoms with Crippen LogP contribution in [0.25, 0.3) is 0 Å². The number of ether oxygens (including phenoxy) is 1. The predicted octanol–water partition coefficient (Wildman–Crippen LogP) is 3.84. The Morgan fingerprint density at radius 1 is 1.22 bits per heavy atom. The van der Waals surface area contributed by atoms with Gasteiger partial charge >= 0.3 is 6.18 Å². The van der Waals surface area contributed by atoms with Crippen molar-refractivity contribution in [2.75, 3.05) is 13.2 Å². The van der Waals surface area contributed by atoms with Crippen LogP contribution in [0.1, 0.15) is 31.0 Å². The molecule has 0 saturated carbocycles. The monoisotopic (exact) mass is 380 g/mol. The lowest BCUT2D eigenvalue weighted by Gasteiger charge is -2.18. The zero-order chi connectivity index (χ0) is 19.7. The van der Waals surface area contributed by atoms with E-state index >= 15 is 0 Å². The molecule has 8 heteroatoms. The van der Waals surface area contributed by atoms with Crippen LogP contribution in [0.5, 0.6) is 5.88 Å². The van der Waals surface area contributed by atoms with Crippen molar-refractivity contribution in [3.63, 3.8) is 0 Å². The van der Waals surface area contributed by atoms with Gasteiger partial charge in [0.1, 0.15) is 0 Å². The maximum absolute atomic E-state index is 12.3. The number of nitrogens with zero attached hydrogens (tertiary/aromatic N) is 2. The van der Waals surface area contributed by atoms with Crippen molar-refractivity contribution in [1.29, 1.82) is 0 Å². The number of hydrogen-bond acceptors (Lipinski definition) is 3. The van der Waals surface area contributed by atoms with Gasteiger partial charge in [0.2, 0.25) is 5.88 Å². The molecule has 0 aliphatic carbocycles. The Balaban J connectivity index is 2.01. The summed E-state index contributed by atoms with van der Waals surface area (Å²) < 4.78 is 41.4. The van der Waals surface area contributed by atoms with Crippen molar-refractivity contribution < 1.29 is 17.9 Å². The minimum absolute atomic E-state index is 0.0483. The SMILES string of the molecule is CCNC(=NCc1ccnc(OCC(F)(F)F)c1)NC(C)c1ccccc1. The molecule has 1 heterocycles. The standard InChI is InChI=1S/C19H23F3N4O/c1-3-23-18(26-14(2)16-7-5-4-6-8-16)25-12-15-9-10-24-17(11-15)27-13-19(20,21)22/h4-11,14H,3,12-13H2,1-2H3,(H2,23,25,26). The summed E-state index contributed by atoms with van der Waals surface area (Å²) in [6.07, 6.45) is -2.99. The molecule has 2 aromatic rings. The zero-order valence-electron chi connectivity index (χ0n) is 15.3. The zero-order valence-corrected chi connectivity index (χ0v) is 15.3. The molecule has 1 aromatic carbocycles. The first kappa shape index (κ1) is 20.5. The summed E-state index contributed by atoms with van der Waals surface area (Å²) in [5.41, 5.74) is 1.82. The second-order valence-electron chi connectivity index (χ2n) is 5.88. The molecule has 0 radical (unpaired) electrons. The Morgan fingerprint density at radius 3 is 2.63 bits per heavy atom. The second kappa shape index (κ2) is 9.80. The van der Waals surface area contributed by atoms with Crippen LogP contribution in [0, 0.1) is 0 Å². The van der Waals surface area contributed by atoms with Crippen LogP contribution in [0.15, 0.2) is 53.7 Å². The third-order valence-corrected chi connectivity index (χ3v) is 3.60. The van der Waals surface area contributed by atoms with Gasteiger partial charge in [-0.2, -0.15) is 13.2 Å². The molecular weight excluding hydrogens is 357 g/mol. The number of benzene rings is 1. The third kappa shape index (κ3) is 7.55. The van der Waals surface area contributed by atoms with Gasteiger partial charge in [0.05, 0.1) is 12.6 Å². The first-order valence-electron chi connectivity index (χ1n) is 8.61. The molecule has 0 amide bonds. The van der Waals surface area contributed by atoms with Gasteiger partial charge < -0.3 is 15.4 Å². The van der Waals surface area contributed by atoms with E-state index in [-0.39, 0.29) is 18.5 Å². The lowest BCUT2D eigenvalue weighted by molar-refractivity contribution is -0.154. The summed E-state index contributed by atoms with van der Waals surface area (Å²) in [6, 6.07) is 13.1. The van der Waals surface area contributed by atoms with Crippen molar-refractivity contribution in [2.45, 2.75) is 32.6 Å². The van der Waals surface area contributed by atoms with Gasteiger partial charge in [0, 0.05) is 18.8 Å². The normalized spacial score (nSPS) is 13.1. The number of guanidine groups is 1. The summed E-state index contributed by atoms with van der Waals surface area (Å²) in [5, 5.41) is 6.46. The van der Waals surface area contributed by atoms with Gasteiger partial charge in [0.25, 0.3) is 0 Å². The molecule has 0 aliphatic rings. The Morgan fingerprint density at radius 2 is 1.96 bits per heavy atom. The maximum Gasteiger partial charge on any atom is 0.422 e. The van der Waals surface area contributed by atoms with E-state index in [9.17, 15) is 13.2 Å². The van der Waals surface area contributed by atoms with Gasteiger partial charge in [-0.05, 0) is 31.0 Å². The van der Waals surface area contributed by atoms with E-state index in [1.807, 2.05) is 44.2 Å². The second-order valence-corrected chi connectivity index (χ2v) is 5.88. The van der Waals surface area contributed by atoms with Crippen molar-refractivity contribution >= 4 is 5.96 Å². The lowest BCUT2D eigenvalue weighted by atomic mass is 10.1. The molecule has 2 rings (SSSR count). The molecule has 1 aromatic heterocycles. The molecule has 5 nitrogen and oxygen atoms in total. The van der Waals surface area contributed by atoms with E-state index < -0.39 is 12.8 Å². The number of aromatic nitrogens is 1. The number of pyridine rings is 1. The van der Waals surface area contributed by atoms with Gasteiger partial charge in [-0.25, -0.2) is 9.98 Å². The number of hydrogen-bond donors (Lipinski definition) is 2. The van der Waals surface area contributed by atoms with E-state index in [2.05, 4.69) is 25.3 Å². The molecule has 1 unspecified atom stereocenters. The third-order valence-electron chi connectivity index (χ3n) is 3.60. The maximum atomic E-state index is 12.3. The topological polar surface area (TPSA) is 58.5 Å². The molecule has 0 bridgehead atoms. The van der Waals surface area contributed by atoms with Gasteiger partial charge in [-0.1, -0.05) is 30.3 Å². The highest BCUT2D eigenvalue weighted by molar-refractivity contribution is 5.80. The van der Waals surface area contributed by atoms with E-state index in [1.54, 1.807) is 6.07 Å². The number of alkyl halides is 3. The quantitative estimate of drug-likeness (QED) is 0.566. The van der Waals surface area contributed by atoms with Crippen LogP contribution >= 0.6 is 0 Å². The van der Waals surface area contributed by atoms with Crippen LogP contribution < -0.4 is 15.4 Å². The summed E-state index contributed by atoms with van der Waals surface area (Å²) in [7, 11) is 0. The van der Waals surface area contributed by atoms with Gasteiger partial charge in [-0.15, -0.1) is 0 Å². The van der Waals surface area contributed by atoms with Crippen LogP contribution in [-0.2, 0) is 6.54 Å². The van der Waals surface area contributed by atoms with Crippen molar-refractivity contribution in [3.8, 4) is 5.88 Å². The Hall–Kier alpha value is -2.77. The highest BCUT2D eigenvalue weighted by Crippen LogP contribution is 2.18. The predicted molar refractivity (Wildman–Crippen MR) is 98.6 cm³/mol. The van der Waals surface area contributed by atoms with Crippen molar-refractivity contribution in [1.82, 2.24) is 15.6 Å². The summed E-state index contributed by atoms with van der Waals surface area (Å²) in [6.45, 7) is 3.58. The fraction of sp³-hybridized carbons (Fsp3) is 0.368. The molecule has 27 heavy (non-hydrogen) atoms. The number of nitrogens with one attached hydrogen (secondary N) is 2.